The Morgan fingerprint density at radius 3 is 2.50 bits per heavy atom. The normalized spacial score (nSPS) is 14.9. The third kappa shape index (κ3) is 6.04. The van der Waals surface area contributed by atoms with Crippen LogP contribution in [0, 0.1) is 0 Å². The Morgan fingerprint density at radius 1 is 1.13 bits per heavy atom. The highest BCUT2D eigenvalue weighted by Gasteiger charge is 2.18. The average Bonchev–Trinajstić information content (AvgIpc) is 2.75. The van der Waals surface area contributed by atoms with Gasteiger partial charge in [0.15, 0.2) is 0 Å². The quantitative estimate of drug-likeness (QED) is 0.631. The SMILES string of the molecule is CCCN1CCC(=NNC(=O)c2cccc(S(=O)(=O)Nc3ccc(Cl)cc3)c2)CC1. The summed E-state index contributed by atoms with van der Waals surface area (Å²) in [5.41, 5.74) is 4.11. The van der Waals surface area contributed by atoms with Crippen molar-refractivity contribution < 1.29 is 13.2 Å². The van der Waals surface area contributed by atoms with E-state index in [-0.39, 0.29) is 10.5 Å². The molecule has 9 heteroatoms. The van der Waals surface area contributed by atoms with E-state index in [1.54, 1.807) is 30.3 Å². The number of hydrazone groups is 1. The molecule has 0 bridgehead atoms. The van der Waals surface area contributed by atoms with Gasteiger partial charge in [0, 0.05) is 47.9 Å². The molecule has 1 amide bonds. The van der Waals surface area contributed by atoms with E-state index < -0.39 is 15.9 Å². The van der Waals surface area contributed by atoms with Crippen molar-refractivity contribution in [2.45, 2.75) is 31.1 Å². The van der Waals surface area contributed by atoms with Crippen LogP contribution >= 0.6 is 11.6 Å². The molecule has 7 nitrogen and oxygen atoms in total. The summed E-state index contributed by atoms with van der Waals surface area (Å²) in [5, 5.41) is 4.74. The van der Waals surface area contributed by atoms with Crippen LogP contribution in [-0.4, -0.2) is 44.6 Å². The first-order valence-corrected chi connectivity index (χ1v) is 11.7. The average molecular weight is 449 g/mol. The van der Waals surface area contributed by atoms with Gasteiger partial charge < -0.3 is 4.90 Å². The van der Waals surface area contributed by atoms with E-state index in [1.165, 1.54) is 18.2 Å². The molecule has 1 fully saturated rings. The predicted molar refractivity (Wildman–Crippen MR) is 120 cm³/mol. The highest BCUT2D eigenvalue weighted by Crippen LogP contribution is 2.19. The van der Waals surface area contributed by atoms with Gasteiger partial charge in [0.25, 0.3) is 15.9 Å². The number of hydrogen-bond acceptors (Lipinski definition) is 5. The second-order valence-electron chi connectivity index (χ2n) is 7.10. The molecule has 2 N–H and O–H groups in total. The fourth-order valence-corrected chi connectivity index (χ4v) is 4.42. The van der Waals surface area contributed by atoms with Gasteiger partial charge in [0.2, 0.25) is 0 Å². The molecule has 2 aromatic carbocycles. The van der Waals surface area contributed by atoms with Gasteiger partial charge in [-0.3, -0.25) is 9.52 Å². The highest BCUT2D eigenvalue weighted by atomic mass is 35.5. The van der Waals surface area contributed by atoms with Crippen molar-refractivity contribution in [2.75, 3.05) is 24.4 Å². The van der Waals surface area contributed by atoms with E-state index in [4.69, 9.17) is 11.6 Å². The minimum absolute atomic E-state index is 0.00868. The minimum Gasteiger partial charge on any atom is -0.303 e. The number of amides is 1. The first kappa shape index (κ1) is 22.3. The van der Waals surface area contributed by atoms with Crippen molar-refractivity contribution in [3.05, 3.63) is 59.1 Å². The molecule has 1 aliphatic rings. The number of likely N-dealkylation sites (tertiary alicyclic amines) is 1. The van der Waals surface area contributed by atoms with Crippen LogP contribution in [0.4, 0.5) is 5.69 Å². The fraction of sp³-hybridized carbons (Fsp3) is 0.333. The molecular formula is C21H25ClN4O3S. The van der Waals surface area contributed by atoms with E-state index >= 15 is 0 Å². The second kappa shape index (κ2) is 10.1. The van der Waals surface area contributed by atoms with Gasteiger partial charge in [0.05, 0.1) is 4.90 Å². The first-order chi connectivity index (χ1) is 14.4. The maximum absolute atomic E-state index is 12.6. The van der Waals surface area contributed by atoms with Crippen LogP contribution in [0.15, 0.2) is 58.5 Å². The Labute approximate surface area is 182 Å². The predicted octanol–water partition coefficient (Wildman–Crippen LogP) is 3.73. The van der Waals surface area contributed by atoms with Crippen molar-refractivity contribution in [1.82, 2.24) is 10.3 Å². The molecule has 0 aliphatic carbocycles. The summed E-state index contributed by atoms with van der Waals surface area (Å²) in [6.07, 6.45) is 2.76. The number of anilines is 1. The van der Waals surface area contributed by atoms with Gasteiger partial charge in [-0.1, -0.05) is 24.6 Å². The van der Waals surface area contributed by atoms with Crippen molar-refractivity contribution in [3.63, 3.8) is 0 Å². The largest absolute Gasteiger partial charge is 0.303 e. The molecular weight excluding hydrogens is 424 g/mol. The van der Waals surface area contributed by atoms with Crippen LogP contribution in [0.3, 0.4) is 0 Å². The molecule has 1 heterocycles. The highest BCUT2D eigenvalue weighted by molar-refractivity contribution is 7.92. The minimum atomic E-state index is -3.84. The lowest BCUT2D eigenvalue weighted by molar-refractivity contribution is 0.0954. The van der Waals surface area contributed by atoms with Gasteiger partial charge in [-0.15, -0.1) is 0 Å². The second-order valence-corrected chi connectivity index (χ2v) is 9.22. The Balaban J connectivity index is 1.65. The molecule has 0 radical (unpaired) electrons. The smallest absolute Gasteiger partial charge is 0.271 e. The number of rotatable bonds is 7. The van der Waals surface area contributed by atoms with Crippen molar-refractivity contribution in [2.24, 2.45) is 5.10 Å². The molecule has 0 unspecified atom stereocenters. The Morgan fingerprint density at radius 2 is 1.83 bits per heavy atom. The number of nitrogens with one attached hydrogen (secondary N) is 2. The molecule has 3 rings (SSSR count). The van der Waals surface area contributed by atoms with Gasteiger partial charge >= 0.3 is 0 Å². The summed E-state index contributed by atoms with van der Waals surface area (Å²) < 4.78 is 27.8. The zero-order valence-corrected chi connectivity index (χ0v) is 18.3. The molecule has 0 atom stereocenters. The molecule has 1 saturated heterocycles. The maximum Gasteiger partial charge on any atom is 0.271 e. The summed E-state index contributed by atoms with van der Waals surface area (Å²) in [6.45, 7) is 5.10. The van der Waals surface area contributed by atoms with E-state index in [0.717, 1.165) is 44.6 Å². The van der Waals surface area contributed by atoms with E-state index in [9.17, 15) is 13.2 Å². The summed E-state index contributed by atoms with van der Waals surface area (Å²) in [7, 11) is -3.84. The van der Waals surface area contributed by atoms with Crippen molar-refractivity contribution in [1.29, 1.82) is 0 Å². The molecule has 30 heavy (non-hydrogen) atoms. The number of piperidine rings is 1. The molecule has 0 spiro atoms. The number of hydrogen-bond donors (Lipinski definition) is 2. The topological polar surface area (TPSA) is 90.9 Å². The molecule has 2 aromatic rings. The molecule has 0 aromatic heterocycles. The summed E-state index contributed by atoms with van der Waals surface area (Å²) in [5.74, 6) is -0.443. The Kier molecular flexibility index (Phi) is 7.47. The van der Waals surface area contributed by atoms with Crippen LogP contribution in [0.2, 0.25) is 5.02 Å². The van der Waals surface area contributed by atoms with E-state index in [1.807, 2.05) is 0 Å². The molecule has 0 saturated carbocycles. The lowest BCUT2D eigenvalue weighted by atomic mass is 10.1. The van der Waals surface area contributed by atoms with Gasteiger partial charge in [-0.05, 0) is 55.4 Å². The number of nitrogens with zero attached hydrogens (tertiary/aromatic N) is 2. The van der Waals surface area contributed by atoms with E-state index in [2.05, 4.69) is 27.1 Å². The monoisotopic (exact) mass is 448 g/mol. The van der Waals surface area contributed by atoms with Crippen molar-refractivity contribution in [3.8, 4) is 0 Å². The first-order valence-electron chi connectivity index (χ1n) is 9.84. The lowest BCUT2D eigenvalue weighted by Crippen LogP contribution is -2.35. The summed E-state index contributed by atoms with van der Waals surface area (Å²) in [6, 6.07) is 12.2. The maximum atomic E-state index is 12.6. The summed E-state index contributed by atoms with van der Waals surface area (Å²) in [4.78, 5) is 14.8. The van der Waals surface area contributed by atoms with Crippen LogP contribution < -0.4 is 10.1 Å². The standard InChI is InChI=1S/C21H25ClN4O3S/c1-2-12-26-13-10-18(11-14-26)23-24-21(27)16-4-3-5-20(15-16)30(28,29)25-19-8-6-17(22)7-9-19/h3-9,15,25H,2,10-14H2,1H3,(H,24,27). The fourth-order valence-electron chi connectivity index (χ4n) is 3.19. The zero-order valence-electron chi connectivity index (χ0n) is 16.8. The summed E-state index contributed by atoms with van der Waals surface area (Å²) >= 11 is 5.83. The van der Waals surface area contributed by atoms with Crippen molar-refractivity contribution >= 4 is 38.9 Å². The van der Waals surface area contributed by atoms with Crippen LogP contribution in [-0.2, 0) is 10.0 Å². The number of sulfonamides is 1. The van der Waals surface area contributed by atoms with Crippen LogP contribution in [0.25, 0.3) is 0 Å². The molecule has 1 aliphatic heterocycles. The lowest BCUT2D eigenvalue weighted by Gasteiger charge is -2.26. The third-order valence-electron chi connectivity index (χ3n) is 4.79. The number of carbonyl (C=O) groups excluding carboxylic acids is 1. The Bertz CT molecular complexity index is 1010. The van der Waals surface area contributed by atoms with Gasteiger partial charge in [-0.25, -0.2) is 13.8 Å². The van der Waals surface area contributed by atoms with Crippen LogP contribution in [0.5, 0.6) is 0 Å². The number of carbonyl (C=O) groups is 1. The zero-order chi connectivity index (χ0) is 21.6. The number of benzene rings is 2. The number of halogens is 1. The molecule has 160 valence electrons. The third-order valence-corrected chi connectivity index (χ3v) is 6.42. The van der Waals surface area contributed by atoms with E-state index in [0.29, 0.717) is 10.7 Å². The Hall–Kier alpha value is -2.42. The van der Waals surface area contributed by atoms with Gasteiger partial charge in [0.1, 0.15) is 0 Å². The van der Waals surface area contributed by atoms with Gasteiger partial charge in [-0.2, -0.15) is 5.10 Å². The van der Waals surface area contributed by atoms with Crippen LogP contribution in [0.1, 0.15) is 36.5 Å².